The summed E-state index contributed by atoms with van der Waals surface area (Å²) in [6.07, 6.45) is 0. The lowest BCUT2D eigenvalue weighted by Gasteiger charge is -2.41. The number of hydrogen-bond donors (Lipinski definition) is 1. The molecule has 1 aliphatic heterocycles. The quantitative estimate of drug-likeness (QED) is 0.381. The van der Waals surface area contributed by atoms with E-state index >= 15 is 0 Å². The summed E-state index contributed by atoms with van der Waals surface area (Å²) in [7, 11) is 2.98. The lowest BCUT2D eigenvalue weighted by atomic mass is 9.81. The van der Waals surface area contributed by atoms with E-state index in [0.29, 0.717) is 30.0 Å². The van der Waals surface area contributed by atoms with Crippen LogP contribution in [0, 0.1) is 10.1 Å². The van der Waals surface area contributed by atoms with Crippen molar-refractivity contribution in [3.8, 4) is 5.75 Å². The number of anilines is 1. The van der Waals surface area contributed by atoms with Gasteiger partial charge in [0.15, 0.2) is 0 Å². The van der Waals surface area contributed by atoms with Crippen LogP contribution in [0.1, 0.15) is 32.8 Å². The molecule has 0 bridgehead atoms. The number of methoxy groups -OCH3 is 2. The first-order valence-corrected chi connectivity index (χ1v) is 11.4. The Bertz CT molecular complexity index is 1210. The lowest BCUT2D eigenvalue weighted by molar-refractivity contribution is -0.384. The predicted molar refractivity (Wildman–Crippen MR) is 127 cm³/mol. The molecule has 1 aromatic heterocycles. The molecule has 3 aromatic rings. The molecule has 4 rings (SSSR count). The van der Waals surface area contributed by atoms with Crippen molar-refractivity contribution in [1.29, 1.82) is 0 Å². The monoisotopic (exact) mass is 481 g/mol. The van der Waals surface area contributed by atoms with E-state index in [1.165, 1.54) is 36.6 Å². The first kappa shape index (κ1) is 23.4. The highest BCUT2D eigenvalue weighted by Crippen LogP contribution is 2.45. The molecule has 2 aromatic carbocycles. The normalized spacial score (nSPS) is 17.2. The van der Waals surface area contributed by atoms with Crippen LogP contribution in [0.4, 0.5) is 11.4 Å². The summed E-state index contributed by atoms with van der Waals surface area (Å²) in [5.41, 5.74) is 1.05. The number of carbonyl (C=O) groups excluding carboxylic acids is 2. The number of nitro benzene ring substituents is 1. The highest BCUT2D eigenvalue weighted by atomic mass is 32.1. The maximum atomic E-state index is 13.8. The Hall–Kier alpha value is -3.76. The van der Waals surface area contributed by atoms with E-state index in [2.05, 4.69) is 5.32 Å². The molecule has 0 saturated carbocycles. The van der Waals surface area contributed by atoms with Gasteiger partial charge < -0.3 is 19.7 Å². The molecule has 1 aliphatic rings. The van der Waals surface area contributed by atoms with Gasteiger partial charge in [0, 0.05) is 36.2 Å². The number of carbonyl (C=O) groups is 2. The lowest BCUT2D eigenvalue weighted by Crippen LogP contribution is -2.47. The summed E-state index contributed by atoms with van der Waals surface area (Å²) in [5.74, 6) is -1.04. The zero-order chi connectivity index (χ0) is 24.2. The molecule has 0 aliphatic carbocycles. The van der Waals surface area contributed by atoms with E-state index in [-0.39, 0.29) is 17.3 Å². The molecule has 2 heterocycles. The van der Waals surface area contributed by atoms with Crippen molar-refractivity contribution in [2.24, 2.45) is 0 Å². The van der Waals surface area contributed by atoms with Gasteiger partial charge >= 0.3 is 0 Å². The van der Waals surface area contributed by atoms with E-state index in [0.717, 1.165) is 4.88 Å². The number of fused-ring (bicyclic) bond motifs is 1. The summed E-state index contributed by atoms with van der Waals surface area (Å²) < 4.78 is 10.5. The summed E-state index contributed by atoms with van der Waals surface area (Å²) in [6, 6.07) is 14.2. The van der Waals surface area contributed by atoms with Crippen LogP contribution >= 0.6 is 11.3 Å². The Morgan fingerprint density at radius 3 is 2.65 bits per heavy atom. The van der Waals surface area contributed by atoms with E-state index in [4.69, 9.17) is 9.47 Å². The van der Waals surface area contributed by atoms with E-state index < -0.39 is 22.8 Å². The van der Waals surface area contributed by atoms with Gasteiger partial charge in [-0.1, -0.05) is 24.3 Å². The molecular weight excluding hydrogens is 458 g/mol. The van der Waals surface area contributed by atoms with E-state index in [9.17, 15) is 19.7 Å². The number of benzene rings is 2. The number of amides is 2. The summed E-state index contributed by atoms with van der Waals surface area (Å²) in [4.78, 5) is 40.5. The van der Waals surface area contributed by atoms with Crippen molar-refractivity contribution in [1.82, 2.24) is 4.90 Å². The summed E-state index contributed by atoms with van der Waals surface area (Å²) in [6.45, 7) is 0.610. The van der Waals surface area contributed by atoms with Crippen LogP contribution in [0.2, 0.25) is 0 Å². The first-order chi connectivity index (χ1) is 16.5. The second-order valence-electron chi connectivity index (χ2n) is 7.65. The maximum Gasteiger partial charge on any atom is 0.271 e. The van der Waals surface area contributed by atoms with Gasteiger partial charge in [-0.05, 0) is 29.1 Å². The number of rotatable bonds is 8. The third-order valence-electron chi connectivity index (χ3n) is 5.74. The molecule has 10 heteroatoms. The SMILES string of the molecule is COCCN1C(=O)c2ccccc2[C@H](C(=O)Nc2cc([N+](=O)[O-])ccc2OC)[C@@H]1c1cccs1. The van der Waals surface area contributed by atoms with Gasteiger partial charge in [0.1, 0.15) is 5.75 Å². The highest BCUT2D eigenvalue weighted by molar-refractivity contribution is 7.10. The summed E-state index contributed by atoms with van der Waals surface area (Å²) >= 11 is 1.46. The van der Waals surface area contributed by atoms with Crippen LogP contribution in [0.3, 0.4) is 0 Å². The minimum absolute atomic E-state index is 0.174. The Balaban J connectivity index is 1.81. The number of non-ortho nitro benzene ring substituents is 1. The molecule has 2 atom stereocenters. The largest absolute Gasteiger partial charge is 0.495 e. The van der Waals surface area contributed by atoms with Crippen LogP contribution in [-0.4, -0.2) is 49.0 Å². The first-order valence-electron chi connectivity index (χ1n) is 10.5. The van der Waals surface area contributed by atoms with Crippen molar-refractivity contribution in [3.05, 3.63) is 86.1 Å². The Kier molecular flexibility index (Phi) is 6.90. The zero-order valence-electron chi connectivity index (χ0n) is 18.6. The Labute approximate surface area is 200 Å². The zero-order valence-corrected chi connectivity index (χ0v) is 19.4. The minimum Gasteiger partial charge on any atom is -0.495 e. The molecular formula is C24H23N3O6S. The fourth-order valence-electron chi connectivity index (χ4n) is 4.20. The molecule has 1 N–H and O–H groups in total. The van der Waals surface area contributed by atoms with Gasteiger partial charge in [0.25, 0.3) is 11.6 Å². The van der Waals surface area contributed by atoms with Gasteiger partial charge in [0.2, 0.25) is 5.91 Å². The predicted octanol–water partition coefficient (Wildman–Crippen LogP) is 4.23. The maximum absolute atomic E-state index is 13.8. The van der Waals surface area contributed by atoms with E-state index in [1.807, 2.05) is 17.5 Å². The van der Waals surface area contributed by atoms with Gasteiger partial charge in [-0.2, -0.15) is 0 Å². The highest BCUT2D eigenvalue weighted by Gasteiger charge is 2.44. The number of nitro groups is 1. The third kappa shape index (κ3) is 4.37. The van der Waals surface area contributed by atoms with Crippen molar-refractivity contribution < 1.29 is 24.0 Å². The third-order valence-corrected chi connectivity index (χ3v) is 6.69. The molecule has 0 unspecified atom stereocenters. The molecule has 0 fully saturated rings. The standard InChI is InChI=1S/C24H23N3O6S/c1-32-12-11-26-22(20-8-5-13-34-20)21(16-6-3-4-7-17(16)24(26)29)23(28)25-18-14-15(27(30)31)9-10-19(18)33-2/h3-10,13-14,21-22H,11-12H2,1-2H3,(H,25,28)/t21-,22-/m0/s1. The van der Waals surface area contributed by atoms with Crippen LogP contribution in [0.5, 0.6) is 5.75 Å². The molecule has 34 heavy (non-hydrogen) atoms. The number of hydrogen-bond acceptors (Lipinski definition) is 7. The van der Waals surface area contributed by atoms with Crippen molar-refractivity contribution in [2.75, 3.05) is 32.7 Å². The average Bonchev–Trinajstić information content (AvgIpc) is 3.37. The number of nitrogens with zero attached hydrogens (tertiary/aromatic N) is 2. The Morgan fingerprint density at radius 2 is 1.97 bits per heavy atom. The number of ether oxygens (including phenoxy) is 2. The molecule has 9 nitrogen and oxygen atoms in total. The van der Waals surface area contributed by atoms with Crippen molar-refractivity contribution in [3.63, 3.8) is 0 Å². The van der Waals surface area contributed by atoms with Gasteiger partial charge in [-0.25, -0.2) is 0 Å². The Morgan fingerprint density at radius 1 is 1.18 bits per heavy atom. The molecule has 0 saturated heterocycles. The smallest absolute Gasteiger partial charge is 0.271 e. The van der Waals surface area contributed by atoms with Crippen LogP contribution in [0.15, 0.2) is 60.0 Å². The second-order valence-corrected chi connectivity index (χ2v) is 8.63. The number of nitrogens with one attached hydrogen (secondary N) is 1. The molecule has 0 spiro atoms. The molecule has 2 amide bonds. The van der Waals surface area contributed by atoms with Crippen LogP contribution in [-0.2, 0) is 9.53 Å². The molecule has 176 valence electrons. The number of thiophene rings is 1. The van der Waals surface area contributed by atoms with Gasteiger partial charge in [-0.3, -0.25) is 19.7 Å². The summed E-state index contributed by atoms with van der Waals surface area (Å²) in [5, 5.41) is 16.0. The van der Waals surface area contributed by atoms with Crippen LogP contribution < -0.4 is 10.1 Å². The fourth-order valence-corrected chi connectivity index (χ4v) is 5.08. The fraction of sp³-hybridized carbons (Fsp3) is 0.250. The van der Waals surface area contributed by atoms with Crippen molar-refractivity contribution in [2.45, 2.75) is 12.0 Å². The van der Waals surface area contributed by atoms with Gasteiger partial charge in [-0.15, -0.1) is 11.3 Å². The van der Waals surface area contributed by atoms with Gasteiger partial charge in [0.05, 0.1) is 36.3 Å². The minimum atomic E-state index is -0.756. The molecule has 0 radical (unpaired) electrons. The topological polar surface area (TPSA) is 111 Å². The average molecular weight is 482 g/mol. The van der Waals surface area contributed by atoms with Crippen molar-refractivity contribution >= 4 is 34.5 Å². The second kappa shape index (κ2) is 10.0. The van der Waals surface area contributed by atoms with E-state index in [1.54, 1.807) is 36.3 Å². The van der Waals surface area contributed by atoms with Crippen LogP contribution in [0.25, 0.3) is 0 Å².